The van der Waals surface area contributed by atoms with Crippen LogP contribution >= 0.6 is 82.0 Å². The Kier molecular flexibility index (Phi) is 32.8. The van der Waals surface area contributed by atoms with E-state index in [0.29, 0.717) is 69.8 Å². The molecule has 0 aliphatic carbocycles. The maximum atomic E-state index is 11.4. The number of thiocarbonyl (C=S) groups is 1. The monoisotopic (exact) mass is 1140 g/mol. The summed E-state index contributed by atoms with van der Waals surface area (Å²) < 4.78 is 10.9. The fourth-order valence-electron chi connectivity index (χ4n) is 4.23. The molecule has 0 saturated heterocycles. The summed E-state index contributed by atoms with van der Waals surface area (Å²) in [6.07, 6.45) is 28.2. The molecule has 6 N–H and O–H groups in total. The maximum Gasteiger partial charge on any atom is 0.384 e. The number of esters is 2. The highest BCUT2D eigenvalue weighted by molar-refractivity contribution is 8.13. The van der Waals surface area contributed by atoms with Crippen molar-refractivity contribution in [3.63, 3.8) is 0 Å². The van der Waals surface area contributed by atoms with Gasteiger partial charge in [0.05, 0.1) is 47.9 Å². The molecule has 20 nitrogen and oxygen atoms in total. The van der Waals surface area contributed by atoms with Crippen LogP contribution in [0.5, 0.6) is 0 Å². The minimum Gasteiger partial charge on any atom is -0.460 e. The number of thioether (sulfide) groups is 1. The summed E-state index contributed by atoms with van der Waals surface area (Å²) in [5, 5.41) is 29.6. The number of nitrogens with one attached hydrogen (secondary N) is 2. The first kappa shape index (κ1) is 64.8. The van der Waals surface area contributed by atoms with Gasteiger partial charge in [0.2, 0.25) is 0 Å². The molecule has 0 aliphatic heterocycles. The van der Waals surface area contributed by atoms with Gasteiger partial charge in [-0.25, -0.2) is 24.2 Å². The lowest BCUT2D eigenvalue weighted by Gasteiger charge is -2.03. The lowest BCUT2D eigenvalue weighted by molar-refractivity contribution is -0.141. The van der Waals surface area contributed by atoms with Gasteiger partial charge in [0.1, 0.15) is 30.0 Å². The molecule has 0 unspecified atom stereocenters. The molecular weight excluding hydrogens is 1100 g/mol. The molecule has 386 valence electrons. The van der Waals surface area contributed by atoms with E-state index in [4.69, 9.17) is 103 Å². The third-order valence-corrected chi connectivity index (χ3v) is 9.04. The summed E-state index contributed by atoms with van der Waals surface area (Å²) in [5.74, 6) is 1.95. The van der Waals surface area contributed by atoms with Crippen LogP contribution in [0.1, 0.15) is 44.4 Å². The minimum atomic E-state index is -0.597. The predicted octanol–water partition coefficient (Wildman–Crippen LogP) is 9.05. The second-order valence-corrected chi connectivity index (χ2v) is 17.1. The number of aromatic nitrogens is 11. The number of hydrogen-bond donors (Lipinski definition) is 4. The van der Waals surface area contributed by atoms with Gasteiger partial charge in [0, 0.05) is 109 Å². The molecule has 0 aromatic carbocycles. The molecular formula is C47H46Cl5N15O5S2. The number of carbonyl (C=O) groups is 3. The number of hydrogen-bond acceptors (Lipinski definition) is 19. The number of aldehydes is 1. The molecule has 7 aromatic heterocycles. The van der Waals surface area contributed by atoms with Gasteiger partial charge in [0.25, 0.3) is 0 Å². The maximum absolute atomic E-state index is 11.4. The van der Waals surface area contributed by atoms with Gasteiger partial charge in [-0.05, 0) is 64.3 Å². The smallest absolute Gasteiger partial charge is 0.384 e. The van der Waals surface area contributed by atoms with Gasteiger partial charge < -0.3 is 25.7 Å². The number of halogens is 5. The fraction of sp³-hybridized carbons (Fsp3) is 0.170. The normalized spacial score (nSPS) is 9.61. The van der Waals surface area contributed by atoms with E-state index in [0.717, 1.165) is 11.1 Å². The quantitative estimate of drug-likeness (QED) is 0.0153. The van der Waals surface area contributed by atoms with Crippen LogP contribution in [0.3, 0.4) is 0 Å². The lowest BCUT2D eigenvalue weighted by atomic mass is 10.3. The molecule has 7 aromatic rings. The van der Waals surface area contributed by atoms with E-state index >= 15 is 0 Å². The van der Waals surface area contributed by atoms with Crippen LogP contribution in [-0.2, 0) is 23.9 Å². The molecule has 0 bridgehead atoms. The number of pyridine rings is 5. The Balaban J connectivity index is 0.000000450. The van der Waals surface area contributed by atoms with Crippen LogP contribution in [0, 0.1) is 29.1 Å². The summed E-state index contributed by atoms with van der Waals surface area (Å²) in [6, 6.07) is 10.4. The van der Waals surface area contributed by atoms with Crippen LogP contribution < -0.4 is 11.5 Å². The highest BCUT2D eigenvalue weighted by Gasteiger charge is 2.06. The van der Waals surface area contributed by atoms with E-state index in [2.05, 4.69) is 60.7 Å². The van der Waals surface area contributed by atoms with Crippen molar-refractivity contribution in [2.45, 2.75) is 39.9 Å². The zero-order valence-corrected chi connectivity index (χ0v) is 45.2. The Labute approximate surface area is 461 Å². The Morgan fingerprint density at radius 3 is 1.73 bits per heavy atom. The highest BCUT2D eigenvalue weighted by Crippen LogP contribution is 2.18. The van der Waals surface area contributed by atoms with Crippen molar-refractivity contribution in [1.82, 2.24) is 54.9 Å². The molecule has 0 fully saturated rings. The average molecular weight is 1140 g/mol. The molecule has 74 heavy (non-hydrogen) atoms. The third-order valence-electron chi connectivity index (χ3n) is 7.13. The summed E-state index contributed by atoms with van der Waals surface area (Å²) >= 11 is 34.5. The first-order chi connectivity index (χ1) is 35.2. The zero-order chi connectivity index (χ0) is 55.4. The van der Waals surface area contributed by atoms with Crippen LogP contribution in [-0.4, -0.2) is 108 Å². The number of rotatable bonds is 9. The molecule has 0 spiro atoms. The third kappa shape index (κ3) is 29.3. The Morgan fingerprint density at radius 2 is 1.31 bits per heavy atom. The van der Waals surface area contributed by atoms with Crippen LogP contribution in [0.2, 0.25) is 25.1 Å². The van der Waals surface area contributed by atoms with Crippen molar-refractivity contribution >= 4 is 116 Å². The number of aromatic amines is 1. The number of terminal acetylenes is 1. The van der Waals surface area contributed by atoms with Gasteiger partial charge >= 0.3 is 11.9 Å². The van der Waals surface area contributed by atoms with Gasteiger partial charge in [-0.2, -0.15) is 10.4 Å². The minimum absolute atomic E-state index is 0.112. The zero-order valence-electron chi connectivity index (χ0n) is 39.8. The molecule has 0 aliphatic rings. The number of nitrogens with two attached hydrogens (primary N) is 2. The van der Waals surface area contributed by atoms with Crippen molar-refractivity contribution in [1.29, 1.82) is 10.7 Å². The van der Waals surface area contributed by atoms with Crippen LogP contribution in [0.15, 0.2) is 111 Å². The number of carbonyl (C=O) groups excluding carboxylic acids is 3. The van der Waals surface area contributed by atoms with E-state index in [1.165, 1.54) is 66.2 Å². The molecule has 0 radical (unpaired) electrons. The summed E-state index contributed by atoms with van der Waals surface area (Å²) in [6.45, 7) is 7.20. The summed E-state index contributed by atoms with van der Waals surface area (Å²) in [4.78, 5) is 58.2. The molecule has 27 heteroatoms. The number of H-pyrrole nitrogens is 1. The van der Waals surface area contributed by atoms with Crippen molar-refractivity contribution in [2.24, 2.45) is 11.5 Å². The van der Waals surface area contributed by atoms with Gasteiger partial charge in [-0.3, -0.25) is 35.4 Å². The van der Waals surface area contributed by atoms with E-state index < -0.39 is 11.9 Å². The molecule has 7 rings (SSSR count). The largest absolute Gasteiger partial charge is 0.460 e. The number of nitriles is 1. The van der Waals surface area contributed by atoms with Gasteiger partial charge in [-0.15, -0.1) is 23.3 Å². The lowest BCUT2D eigenvalue weighted by Crippen LogP contribution is -2.09. The Morgan fingerprint density at radius 1 is 0.811 bits per heavy atom. The SMILES string of the molecule is C#CC(=O)OC(C)C.CC(C)OC(=O)/C=C\n1cnc(-c2cncc(Cl)c2)n1.CSC(=N)c1cncc(Cl)c1.Clc1cncc(-c2ncn[nH]2)c1.N#Cc1cncc(Cl)c1.NC(=S)c1cncc(Cl)c1.NCC=O. The highest BCUT2D eigenvalue weighted by atomic mass is 35.5. The summed E-state index contributed by atoms with van der Waals surface area (Å²) in [5.41, 5.74) is 13.5. The number of ether oxygens (including phenoxy) is 2. The first-order valence-electron chi connectivity index (χ1n) is 20.6. The average Bonchev–Trinajstić information content (AvgIpc) is 4.10. The van der Waals surface area contributed by atoms with Gasteiger partial charge in [0.15, 0.2) is 11.6 Å². The molecule has 0 saturated carbocycles. The van der Waals surface area contributed by atoms with Crippen LogP contribution in [0.25, 0.3) is 29.0 Å². The topological polar surface area (TPSA) is 306 Å². The molecule has 0 atom stereocenters. The van der Waals surface area contributed by atoms with Gasteiger partial charge in [-0.1, -0.05) is 70.2 Å². The predicted molar refractivity (Wildman–Crippen MR) is 293 cm³/mol. The second kappa shape index (κ2) is 37.5. The molecule has 0 amide bonds. The summed E-state index contributed by atoms with van der Waals surface area (Å²) in [7, 11) is 0. The Bertz CT molecular complexity index is 2970. The van der Waals surface area contributed by atoms with Crippen molar-refractivity contribution < 1.29 is 23.9 Å². The van der Waals surface area contributed by atoms with Crippen molar-refractivity contribution in [3.8, 4) is 41.2 Å². The van der Waals surface area contributed by atoms with Crippen LogP contribution in [0.4, 0.5) is 0 Å². The Hall–Kier alpha value is -7.25. The van der Waals surface area contributed by atoms with Crippen molar-refractivity contribution in [3.05, 3.63) is 153 Å². The standard InChI is InChI=1S/C13H13ClN4O2.C7H5ClN4.C7H7ClN2S.C6H5ClN2S.C6H3ClN2.C6H8O2.C2H5NO/c1-9(2)20-12(19)3-4-18-8-16-13(17-18)10-5-11(14)7-15-6-10;8-6-1-5(2-9-3-6)7-10-4-11-12-7;1-11-7(9)5-2-6(8)4-10-3-5;7-5-1-4(6(8)10)2-9-3-5;7-6-1-5(2-8)3-9-4-6;1-4-6(7)8-5(2)3;3-1-2-4/h3-9H,1-2H3;1-4H,(H,10,11,12);2-4,9H,1H3;1-3H,(H2,8,10);1,3-4H;1,5H,2-3H3;2H,1,3H2/b4-3-;;;;;;. The number of nitrogens with zero attached hydrogens (tertiary/aromatic N) is 11. The molecule has 7 heterocycles. The fourth-order valence-corrected chi connectivity index (χ4v) is 5.56. The van der Waals surface area contributed by atoms with E-state index in [9.17, 15) is 9.59 Å². The van der Waals surface area contributed by atoms with E-state index in [-0.39, 0.29) is 18.8 Å². The van der Waals surface area contributed by atoms with E-state index in [1.54, 1.807) is 95.2 Å². The van der Waals surface area contributed by atoms with Crippen molar-refractivity contribution in [2.75, 3.05) is 12.8 Å². The first-order valence-corrected chi connectivity index (χ1v) is 24.1. The van der Waals surface area contributed by atoms with E-state index in [1.807, 2.05) is 18.2 Å². The second-order valence-electron chi connectivity index (χ2n) is 13.7.